The summed E-state index contributed by atoms with van der Waals surface area (Å²) in [6, 6.07) is 1.93. The molecule has 1 heterocycles. The van der Waals surface area contributed by atoms with Crippen molar-refractivity contribution in [3.05, 3.63) is 50.3 Å². The standard InChI is InChI=1S/C11H4BrCl2F2N3O/c12-4-1-5(15)7(6(16)2-4)11(20)19-10-8(13)9(14)17-3-18-10/h1-3H,(H,17,18,19,20). The molecule has 0 fully saturated rings. The Morgan fingerprint density at radius 2 is 1.80 bits per heavy atom. The van der Waals surface area contributed by atoms with Crippen molar-refractivity contribution in [1.29, 1.82) is 0 Å². The number of hydrogen-bond acceptors (Lipinski definition) is 3. The molecule has 2 aromatic rings. The molecule has 1 amide bonds. The molecule has 0 saturated heterocycles. The van der Waals surface area contributed by atoms with Crippen LogP contribution in [0.3, 0.4) is 0 Å². The molecule has 0 spiro atoms. The number of benzene rings is 1. The van der Waals surface area contributed by atoms with Crippen LogP contribution in [0.2, 0.25) is 10.2 Å². The summed E-state index contributed by atoms with van der Waals surface area (Å²) < 4.78 is 27.4. The maximum atomic E-state index is 13.6. The first-order valence-corrected chi connectivity index (χ1v) is 6.57. The molecular weight excluding hydrogens is 379 g/mol. The smallest absolute Gasteiger partial charge is 0.262 e. The first-order valence-electron chi connectivity index (χ1n) is 5.02. The van der Waals surface area contributed by atoms with E-state index in [1.54, 1.807) is 0 Å². The van der Waals surface area contributed by atoms with Gasteiger partial charge in [-0.25, -0.2) is 18.7 Å². The molecule has 0 unspecified atom stereocenters. The van der Waals surface area contributed by atoms with Crippen molar-refractivity contribution in [3.8, 4) is 0 Å². The molecule has 1 aromatic carbocycles. The zero-order chi connectivity index (χ0) is 14.9. The number of amides is 1. The Morgan fingerprint density at radius 1 is 1.20 bits per heavy atom. The lowest BCUT2D eigenvalue weighted by atomic mass is 10.2. The second-order valence-electron chi connectivity index (χ2n) is 3.53. The van der Waals surface area contributed by atoms with Crippen molar-refractivity contribution in [3.63, 3.8) is 0 Å². The minimum Gasteiger partial charge on any atom is -0.305 e. The second kappa shape index (κ2) is 5.99. The predicted molar refractivity (Wildman–Crippen MR) is 74.1 cm³/mol. The Kier molecular flexibility index (Phi) is 4.52. The zero-order valence-corrected chi connectivity index (χ0v) is 12.5. The quantitative estimate of drug-likeness (QED) is 0.796. The van der Waals surface area contributed by atoms with Crippen LogP contribution in [0.25, 0.3) is 0 Å². The first-order chi connectivity index (χ1) is 9.40. The monoisotopic (exact) mass is 381 g/mol. The van der Waals surface area contributed by atoms with E-state index in [0.717, 1.165) is 18.5 Å². The SMILES string of the molecule is O=C(Nc1ncnc(Cl)c1Cl)c1c(F)cc(Br)cc1F. The van der Waals surface area contributed by atoms with Crippen LogP contribution < -0.4 is 5.32 Å². The lowest BCUT2D eigenvalue weighted by molar-refractivity contribution is 0.101. The molecule has 4 nitrogen and oxygen atoms in total. The summed E-state index contributed by atoms with van der Waals surface area (Å²) in [5.41, 5.74) is -0.751. The van der Waals surface area contributed by atoms with E-state index in [1.807, 2.05) is 0 Å². The van der Waals surface area contributed by atoms with E-state index in [9.17, 15) is 13.6 Å². The highest BCUT2D eigenvalue weighted by Gasteiger charge is 2.20. The summed E-state index contributed by atoms with van der Waals surface area (Å²) in [6.07, 6.45) is 1.05. The summed E-state index contributed by atoms with van der Waals surface area (Å²) in [7, 11) is 0. The van der Waals surface area contributed by atoms with Crippen LogP contribution in [0, 0.1) is 11.6 Å². The van der Waals surface area contributed by atoms with Crippen molar-refractivity contribution in [2.24, 2.45) is 0 Å². The van der Waals surface area contributed by atoms with Gasteiger partial charge in [0.25, 0.3) is 5.91 Å². The van der Waals surface area contributed by atoms with Gasteiger partial charge in [-0.3, -0.25) is 4.79 Å². The summed E-state index contributed by atoms with van der Waals surface area (Å²) in [6.45, 7) is 0. The van der Waals surface area contributed by atoms with E-state index in [-0.39, 0.29) is 20.5 Å². The molecule has 0 aliphatic rings. The topological polar surface area (TPSA) is 54.9 Å². The predicted octanol–water partition coefficient (Wildman–Crippen LogP) is 4.08. The van der Waals surface area contributed by atoms with Crippen molar-refractivity contribution in [2.45, 2.75) is 0 Å². The fraction of sp³-hybridized carbons (Fsp3) is 0. The number of nitrogens with zero attached hydrogens (tertiary/aromatic N) is 2. The van der Waals surface area contributed by atoms with Gasteiger partial charge in [0, 0.05) is 4.47 Å². The van der Waals surface area contributed by atoms with E-state index in [4.69, 9.17) is 23.2 Å². The third-order valence-corrected chi connectivity index (χ3v) is 3.41. The van der Waals surface area contributed by atoms with Crippen molar-refractivity contribution in [2.75, 3.05) is 5.32 Å². The minimum atomic E-state index is -1.04. The molecule has 20 heavy (non-hydrogen) atoms. The van der Waals surface area contributed by atoms with Gasteiger partial charge in [0.15, 0.2) is 11.0 Å². The van der Waals surface area contributed by atoms with Gasteiger partial charge < -0.3 is 5.32 Å². The summed E-state index contributed by atoms with van der Waals surface area (Å²) in [4.78, 5) is 19.1. The molecule has 1 aromatic heterocycles. The molecule has 0 bridgehead atoms. The molecule has 0 aliphatic carbocycles. The number of aromatic nitrogens is 2. The lowest BCUT2D eigenvalue weighted by Crippen LogP contribution is -2.17. The summed E-state index contributed by atoms with van der Waals surface area (Å²) in [5, 5.41) is 1.95. The number of nitrogens with one attached hydrogen (secondary N) is 1. The molecule has 104 valence electrons. The maximum absolute atomic E-state index is 13.6. The first kappa shape index (κ1) is 15.1. The number of carbonyl (C=O) groups is 1. The maximum Gasteiger partial charge on any atom is 0.262 e. The Balaban J connectivity index is 2.36. The van der Waals surface area contributed by atoms with Crippen LogP contribution in [0.4, 0.5) is 14.6 Å². The van der Waals surface area contributed by atoms with E-state index >= 15 is 0 Å². The fourth-order valence-electron chi connectivity index (χ4n) is 1.36. The highest BCUT2D eigenvalue weighted by Crippen LogP contribution is 2.26. The van der Waals surface area contributed by atoms with Crippen molar-refractivity contribution < 1.29 is 13.6 Å². The number of rotatable bonds is 2. The molecule has 0 aliphatic heterocycles. The van der Waals surface area contributed by atoms with Crippen LogP contribution in [0.5, 0.6) is 0 Å². The van der Waals surface area contributed by atoms with Crippen LogP contribution in [0.1, 0.15) is 10.4 Å². The zero-order valence-electron chi connectivity index (χ0n) is 9.42. The van der Waals surface area contributed by atoms with E-state index < -0.39 is 23.1 Å². The van der Waals surface area contributed by atoms with Crippen LogP contribution in [-0.4, -0.2) is 15.9 Å². The molecule has 0 saturated carbocycles. The number of anilines is 1. The molecule has 0 radical (unpaired) electrons. The largest absolute Gasteiger partial charge is 0.305 e. The third-order valence-electron chi connectivity index (χ3n) is 2.21. The molecule has 9 heteroatoms. The van der Waals surface area contributed by atoms with Gasteiger partial charge in [-0.2, -0.15) is 0 Å². The van der Waals surface area contributed by atoms with Crippen LogP contribution >= 0.6 is 39.1 Å². The molecule has 1 N–H and O–H groups in total. The lowest BCUT2D eigenvalue weighted by Gasteiger charge is -2.08. The summed E-state index contributed by atoms with van der Waals surface area (Å²) >= 11 is 14.3. The number of halogens is 5. The van der Waals surface area contributed by atoms with Crippen molar-refractivity contribution >= 4 is 50.9 Å². The van der Waals surface area contributed by atoms with E-state index in [1.165, 1.54) is 0 Å². The van der Waals surface area contributed by atoms with E-state index in [2.05, 4.69) is 31.2 Å². The molecule has 0 atom stereocenters. The van der Waals surface area contributed by atoms with Gasteiger partial charge in [0.2, 0.25) is 0 Å². The second-order valence-corrected chi connectivity index (χ2v) is 5.18. The molecule has 2 rings (SSSR count). The van der Waals surface area contributed by atoms with Gasteiger partial charge in [0.05, 0.1) is 0 Å². The van der Waals surface area contributed by atoms with Gasteiger partial charge in [0.1, 0.15) is 28.5 Å². The number of carbonyl (C=O) groups excluding carboxylic acids is 1. The summed E-state index contributed by atoms with van der Waals surface area (Å²) in [5.74, 6) is -3.22. The number of hydrogen-bond donors (Lipinski definition) is 1. The normalized spacial score (nSPS) is 10.4. The minimum absolute atomic E-state index is 0.0892. The Bertz CT molecular complexity index is 676. The Morgan fingerprint density at radius 3 is 2.40 bits per heavy atom. The van der Waals surface area contributed by atoms with Gasteiger partial charge in [-0.1, -0.05) is 39.1 Å². The Hall–Kier alpha value is -1.31. The average Bonchev–Trinajstić information content (AvgIpc) is 2.33. The van der Waals surface area contributed by atoms with Gasteiger partial charge in [-0.15, -0.1) is 0 Å². The van der Waals surface area contributed by atoms with Gasteiger partial charge in [-0.05, 0) is 12.1 Å². The van der Waals surface area contributed by atoms with Crippen molar-refractivity contribution in [1.82, 2.24) is 9.97 Å². The van der Waals surface area contributed by atoms with Crippen LogP contribution in [-0.2, 0) is 0 Å². The average molecular weight is 383 g/mol. The van der Waals surface area contributed by atoms with E-state index in [0.29, 0.717) is 0 Å². The highest BCUT2D eigenvalue weighted by molar-refractivity contribution is 9.10. The fourth-order valence-corrected chi connectivity index (χ4v) is 2.04. The van der Waals surface area contributed by atoms with Crippen LogP contribution in [0.15, 0.2) is 22.9 Å². The molecular formula is C11H4BrCl2F2N3O. The third kappa shape index (κ3) is 3.05. The highest BCUT2D eigenvalue weighted by atomic mass is 79.9. The van der Waals surface area contributed by atoms with Gasteiger partial charge >= 0.3 is 0 Å². The Labute approximate surface area is 130 Å².